The summed E-state index contributed by atoms with van der Waals surface area (Å²) in [5.74, 6) is 0.766. The van der Waals surface area contributed by atoms with Crippen molar-refractivity contribution in [3.05, 3.63) is 58.8 Å². The fourth-order valence-electron chi connectivity index (χ4n) is 2.34. The number of aromatic nitrogens is 2. The number of halogens is 1. The molecule has 3 aromatic rings. The molecule has 0 aliphatic rings. The van der Waals surface area contributed by atoms with Crippen LogP contribution in [-0.2, 0) is 16.4 Å². The minimum absolute atomic E-state index is 0.117. The first-order valence-electron chi connectivity index (χ1n) is 7.19. The van der Waals surface area contributed by atoms with Crippen LogP contribution in [0.1, 0.15) is 5.56 Å². The predicted octanol–water partition coefficient (Wildman–Crippen LogP) is 2.69. The zero-order valence-corrected chi connectivity index (χ0v) is 15.0. The molecule has 6 nitrogen and oxygen atoms in total. The van der Waals surface area contributed by atoms with Crippen molar-refractivity contribution in [2.24, 2.45) is 5.14 Å². The molecule has 0 spiro atoms. The number of hydrogen-bond acceptors (Lipinski definition) is 5. The lowest BCUT2D eigenvalue weighted by Gasteiger charge is -2.09. The Bertz CT molecular complexity index is 975. The molecular weight excluding hydrogens is 392 g/mol. The van der Waals surface area contributed by atoms with E-state index in [1.165, 1.54) is 18.5 Å². The van der Waals surface area contributed by atoms with E-state index in [0.29, 0.717) is 6.54 Å². The number of sulfonamides is 1. The van der Waals surface area contributed by atoms with Gasteiger partial charge in [-0.15, -0.1) is 0 Å². The number of fused-ring (bicyclic) bond motifs is 1. The summed E-state index contributed by atoms with van der Waals surface area (Å²) in [6, 6.07) is 12.4. The van der Waals surface area contributed by atoms with Gasteiger partial charge in [0.15, 0.2) is 0 Å². The minimum atomic E-state index is -3.65. The average molecular weight is 407 g/mol. The van der Waals surface area contributed by atoms with Gasteiger partial charge in [0.05, 0.1) is 10.4 Å². The van der Waals surface area contributed by atoms with E-state index in [-0.39, 0.29) is 4.90 Å². The maximum absolute atomic E-state index is 11.2. The van der Waals surface area contributed by atoms with Crippen LogP contribution < -0.4 is 10.5 Å². The lowest BCUT2D eigenvalue weighted by atomic mass is 10.1. The number of anilines is 1. The fourth-order valence-corrected chi connectivity index (χ4v) is 3.22. The summed E-state index contributed by atoms with van der Waals surface area (Å²) < 4.78 is 23.4. The summed E-state index contributed by atoms with van der Waals surface area (Å²) in [7, 11) is -3.65. The molecule has 0 radical (unpaired) electrons. The van der Waals surface area contributed by atoms with E-state index in [1.807, 2.05) is 18.2 Å². The van der Waals surface area contributed by atoms with E-state index in [1.54, 1.807) is 12.1 Å². The Balaban J connectivity index is 1.70. The molecule has 0 bridgehead atoms. The first-order chi connectivity index (χ1) is 11.4. The van der Waals surface area contributed by atoms with Crippen molar-refractivity contribution in [1.82, 2.24) is 9.97 Å². The molecule has 124 valence electrons. The summed E-state index contributed by atoms with van der Waals surface area (Å²) in [6.45, 7) is 0.660. The second kappa shape index (κ2) is 6.84. The molecular formula is C16H15BrN4O2S. The highest BCUT2D eigenvalue weighted by Crippen LogP contribution is 2.23. The summed E-state index contributed by atoms with van der Waals surface area (Å²) in [5.41, 5.74) is 1.88. The molecule has 0 fully saturated rings. The van der Waals surface area contributed by atoms with Crippen LogP contribution in [-0.4, -0.2) is 24.9 Å². The smallest absolute Gasteiger partial charge is 0.238 e. The standard InChI is InChI=1S/C16H15BrN4O2S/c17-12-3-6-15-14(9-12)16(21-10-20-15)19-8-7-11-1-4-13(5-2-11)24(18,22)23/h1-6,9-10H,7-8H2,(H2,18,22,23)(H,19,20,21). The summed E-state index contributed by atoms with van der Waals surface area (Å²) in [5, 5.41) is 9.32. The lowest BCUT2D eigenvalue weighted by molar-refractivity contribution is 0.598. The molecule has 0 aliphatic carbocycles. The first-order valence-corrected chi connectivity index (χ1v) is 9.53. The normalized spacial score (nSPS) is 11.6. The van der Waals surface area contributed by atoms with Crippen molar-refractivity contribution < 1.29 is 8.42 Å². The molecule has 8 heteroatoms. The van der Waals surface area contributed by atoms with Gasteiger partial charge in [-0.3, -0.25) is 0 Å². The van der Waals surface area contributed by atoms with Gasteiger partial charge in [-0.2, -0.15) is 0 Å². The Morgan fingerprint density at radius 3 is 2.54 bits per heavy atom. The highest BCUT2D eigenvalue weighted by molar-refractivity contribution is 9.10. The summed E-state index contributed by atoms with van der Waals surface area (Å²) >= 11 is 3.45. The Kier molecular flexibility index (Phi) is 4.79. The number of hydrogen-bond donors (Lipinski definition) is 2. The third-order valence-corrected chi connectivity index (χ3v) is 4.98. The Morgan fingerprint density at radius 2 is 1.83 bits per heavy atom. The van der Waals surface area contributed by atoms with Gasteiger partial charge < -0.3 is 5.32 Å². The van der Waals surface area contributed by atoms with Gasteiger partial charge in [0, 0.05) is 16.4 Å². The molecule has 24 heavy (non-hydrogen) atoms. The van der Waals surface area contributed by atoms with Crippen LogP contribution in [0.2, 0.25) is 0 Å². The van der Waals surface area contributed by atoms with E-state index < -0.39 is 10.0 Å². The SMILES string of the molecule is NS(=O)(=O)c1ccc(CCNc2ncnc3ccc(Br)cc23)cc1. The van der Waals surface area contributed by atoms with Gasteiger partial charge >= 0.3 is 0 Å². The van der Waals surface area contributed by atoms with Gasteiger partial charge in [-0.25, -0.2) is 23.5 Å². The largest absolute Gasteiger partial charge is 0.369 e. The van der Waals surface area contributed by atoms with E-state index in [0.717, 1.165) is 33.2 Å². The zero-order valence-electron chi connectivity index (χ0n) is 12.6. The molecule has 3 rings (SSSR count). The molecule has 0 saturated carbocycles. The molecule has 1 aromatic heterocycles. The number of benzene rings is 2. The molecule has 0 unspecified atom stereocenters. The second-order valence-electron chi connectivity index (χ2n) is 5.25. The number of nitrogens with two attached hydrogens (primary N) is 1. The van der Waals surface area contributed by atoms with Crippen molar-refractivity contribution in [3.63, 3.8) is 0 Å². The molecule has 0 amide bonds. The quantitative estimate of drug-likeness (QED) is 0.678. The van der Waals surface area contributed by atoms with Gasteiger partial charge in [-0.1, -0.05) is 28.1 Å². The highest BCUT2D eigenvalue weighted by Gasteiger charge is 2.07. The summed E-state index contributed by atoms with van der Waals surface area (Å²) in [4.78, 5) is 8.64. The fraction of sp³-hybridized carbons (Fsp3) is 0.125. The number of primary sulfonamides is 1. The third-order valence-electron chi connectivity index (χ3n) is 3.56. The van der Waals surface area contributed by atoms with Crippen LogP contribution in [0.15, 0.2) is 58.2 Å². The third kappa shape index (κ3) is 3.89. The molecule has 0 atom stereocenters. The van der Waals surface area contributed by atoms with Crippen LogP contribution in [0, 0.1) is 0 Å². The van der Waals surface area contributed by atoms with Gasteiger partial charge in [0.1, 0.15) is 12.1 Å². The monoisotopic (exact) mass is 406 g/mol. The van der Waals surface area contributed by atoms with E-state index in [4.69, 9.17) is 5.14 Å². The van der Waals surface area contributed by atoms with Crippen molar-refractivity contribution >= 4 is 42.7 Å². The van der Waals surface area contributed by atoms with Crippen molar-refractivity contribution in [1.29, 1.82) is 0 Å². The van der Waals surface area contributed by atoms with E-state index >= 15 is 0 Å². The Hall–Kier alpha value is -2.03. The van der Waals surface area contributed by atoms with Crippen LogP contribution in [0.25, 0.3) is 10.9 Å². The first kappa shape index (κ1) is 16.8. The minimum Gasteiger partial charge on any atom is -0.369 e. The topological polar surface area (TPSA) is 98.0 Å². The van der Waals surface area contributed by atoms with Gasteiger partial charge in [0.2, 0.25) is 10.0 Å². The lowest BCUT2D eigenvalue weighted by Crippen LogP contribution is -2.12. The van der Waals surface area contributed by atoms with Gasteiger partial charge in [0.25, 0.3) is 0 Å². The predicted molar refractivity (Wildman–Crippen MR) is 97.2 cm³/mol. The average Bonchev–Trinajstić information content (AvgIpc) is 2.55. The molecule has 3 N–H and O–H groups in total. The van der Waals surface area contributed by atoms with Crippen molar-refractivity contribution in [2.45, 2.75) is 11.3 Å². The zero-order chi connectivity index (χ0) is 17.2. The highest BCUT2D eigenvalue weighted by atomic mass is 79.9. The van der Waals surface area contributed by atoms with E-state index in [2.05, 4.69) is 31.2 Å². The Labute approximate surface area is 148 Å². The maximum Gasteiger partial charge on any atom is 0.238 e. The molecule has 0 saturated heterocycles. The number of nitrogens with zero attached hydrogens (tertiary/aromatic N) is 2. The van der Waals surface area contributed by atoms with Crippen LogP contribution >= 0.6 is 15.9 Å². The van der Waals surface area contributed by atoms with Crippen LogP contribution in [0.4, 0.5) is 5.82 Å². The van der Waals surface area contributed by atoms with E-state index in [9.17, 15) is 8.42 Å². The van der Waals surface area contributed by atoms with Crippen molar-refractivity contribution in [2.75, 3.05) is 11.9 Å². The van der Waals surface area contributed by atoms with Crippen molar-refractivity contribution in [3.8, 4) is 0 Å². The molecule has 2 aromatic carbocycles. The molecule has 1 heterocycles. The second-order valence-corrected chi connectivity index (χ2v) is 7.73. The van der Waals surface area contributed by atoms with Crippen LogP contribution in [0.5, 0.6) is 0 Å². The Morgan fingerprint density at radius 1 is 1.08 bits per heavy atom. The van der Waals surface area contributed by atoms with Gasteiger partial charge in [-0.05, 0) is 42.3 Å². The molecule has 0 aliphatic heterocycles. The summed E-state index contributed by atoms with van der Waals surface area (Å²) in [6.07, 6.45) is 2.25. The number of rotatable bonds is 5. The van der Waals surface area contributed by atoms with Crippen LogP contribution in [0.3, 0.4) is 0 Å². The number of nitrogens with one attached hydrogen (secondary N) is 1. The maximum atomic E-state index is 11.2.